The Kier molecular flexibility index (Phi) is 7.59. The molecule has 4 nitrogen and oxygen atoms in total. The number of carbonyl (C=O) groups is 1. The number of anilines is 1. The summed E-state index contributed by atoms with van der Waals surface area (Å²) in [6, 6.07) is 9.90. The van der Waals surface area contributed by atoms with Crippen LogP contribution in [0.5, 0.6) is 0 Å². The Bertz CT molecular complexity index is 391. The normalized spacial score (nSPS) is 16.1. The highest BCUT2D eigenvalue weighted by Gasteiger charge is 2.18. The van der Waals surface area contributed by atoms with E-state index >= 15 is 0 Å². The fourth-order valence-corrected chi connectivity index (χ4v) is 2.45. The molecule has 20 heavy (non-hydrogen) atoms. The molecule has 0 atom stereocenters. The van der Waals surface area contributed by atoms with Crippen molar-refractivity contribution in [2.75, 3.05) is 44.2 Å². The van der Waals surface area contributed by atoms with Gasteiger partial charge in [0.25, 0.3) is 0 Å². The quantitative estimate of drug-likeness (QED) is 0.920. The van der Waals surface area contributed by atoms with Crippen molar-refractivity contribution in [3.05, 3.63) is 30.3 Å². The van der Waals surface area contributed by atoms with E-state index in [9.17, 15) is 4.79 Å². The third-order valence-corrected chi connectivity index (χ3v) is 3.48. The number of para-hydroxylation sites is 1. The first kappa shape index (κ1) is 17.0. The van der Waals surface area contributed by atoms with Crippen LogP contribution >= 0.6 is 12.4 Å². The highest BCUT2D eigenvalue weighted by Crippen LogP contribution is 2.13. The number of rotatable bonds is 4. The van der Waals surface area contributed by atoms with Crippen molar-refractivity contribution in [2.45, 2.75) is 13.3 Å². The van der Waals surface area contributed by atoms with Gasteiger partial charge in [-0.2, -0.15) is 0 Å². The summed E-state index contributed by atoms with van der Waals surface area (Å²) in [6.45, 7) is 7.25. The van der Waals surface area contributed by atoms with Crippen molar-refractivity contribution in [2.24, 2.45) is 0 Å². The average Bonchev–Trinajstić information content (AvgIpc) is 2.69. The lowest BCUT2D eigenvalue weighted by Crippen LogP contribution is -2.41. The number of likely N-dealkylation sites (N-methyl/N-ethyl adjacent to an activating group) is 1. The molecule has 1 aromatic carbocycles. The zero-order valence-corrected chi connectivity index (χ0v) is 12.9. The lowest BCUT2D eigenvalue weighted by molar-refractivity contribution is -0.119. The van der Waals surface area contributed by atoms with E-state index in [1.54, 1.807) is 0 Å². The first-order chi connectivity index (χ1) is 9.31. The third kappa shape index (κ3) is 4.78. The van der Waals surface area contributed by atoms with E-state index < -0.39 is 0 Å². The smallest absolute Gasteiger partial charge is 0.241 e. The largest absolute Gasteiger partial charge is 0.315 e. The number of benzene rings is 1. The summed E-state index contributed by atoms with van der Waals surface area (Å²) >= 11 is 0. The molecule has 1 aliphatic rings. The van der Waals surface area contributed by atoms with Crippen molar-refractivity contribution in [3.8, 4) is 0 Å². The molecule has 1 amide bonds. The molecule has 0 saturated carbocycles. The fraction of sp³-hybridized carbons (Fsp3) is 0.533. The highest BCUT2D eigenvalue weighted by molar-refractivity contribution is 5.94. The Morgan fingerprint density at radius 2 is 2.00 bits per heavy atom. The van der Waals surface area contributed by atoms with Gasteiger partial charge in [-0.25, -0.2) is 0 Å². The Morgan fingerprint density at radius 3 is 2.70 bits per heavy atom. The minimum absolute atomic E-state index is 0. The second kappa shape index (κ2) is 8.95. The van der Waals surface area contributed by atoms with Crippen molar-refractivity contribution >= 4 is 24.0 Å². The highest BCUT2D eigenvalue weighted by atomic mass is 35.5. The van der Waals surface area contributed by atoms with Crippen molar-refractivity contribution < 1.29 is 4.79 Å². The predicted octanol–water partition coefficient (Wildman–Crippen LogP) is 1.76. The van der Waals surface area contributed by atoms with Gasteiger partial charge in [-0.3, -0.25) is 9.69 Å². The molecule has 1 heterocycles. The monoisotopic (exact) mass is 297 g/mol. The summed E-state index contributed by atoms with van der Waals surface area (Å²) in [6.07, 6.45) is 1.12. The van der Waals surface area contributed by atoms with Gasteiger partial charge in [0.05, 0.1) is 6.54 Å². The van der Waals surface area contributed by atoms with Crippen LogP contribution in [0, 0.1) is 0 Å². The minimum atomic E-state index is 0. The van der Waals surface area contributed by atoms with E-state index in [-0.39, 0.29) is 18.3 Å². The zero-order valence-electron chi connectivity index (χ0n) is 12.0. The number of nitrogens with one attached hydrogen (secondary N) is 1. The molecule has 0 aromatic heterocycles. The topological polar surface area (TPSA) is 35.6 Å². The summed E-state index contributed by atoms with van der Waals surface area (Å²) in [5, 5.41) is 3.36. The Balaban J connectivity index is 0.00000200. The summed E-state index contributed by atoms with van der Waals surface area (Å²) < 4.78 is 0. The van der Waals surface area contributed by atoms with Crippen molar-refractivity contribution in [3.63, 3.8) is 0 Å². The fourth-order valence-electron chi connectivity index (χ4n) is 2.45. The van der Waals surface area contributed by atoms with E-state index in [1.807, 2.05) is 42.2 Å². The second-order valence-corrected chi connectivity index (χ2v) is 4.85. The first-order valence-corrected chi connectivity index (χ1v) is 7.09. The van der Waals surface area contributed by atoms with Gasteiger partial charge < -0.3 is 10.2 Å². The summed E-state index contributed by atoms with van der Waals surface area (Å²) in [4.78, 5) is 16.5. The van der Waals surface area contributed by atoms with Crippen molar-refractivity contribution in [1.29, 1.82) is 0 Å². The number of nitrogens with zero attached hydrogens (tertiary/aromatic N) is 2. The molecule has 0 radical (unpaired) electrons. The molecule has 1 saturated heterocycles. The zero-order chi connectivity index (χ0) is 13.5. The van der Waals surface area contributed by atoms with Crippen molar-refractivity contribution in [1.82, 2.24) is 10.2 Å². The van der Waals surface area contributed by atoms with Crippen LogP contribution in [0.3, 0.4) is 0 Å². The van der Waals surface area contributed by atoms with E-state index in [1.165, 1.54) is 0 Å². The minimum Gasteiger partial charge on any atom is -0.315 e. The van der Waals surface area contributed by atoms with E-state index in [0.717, 1.165) is 44.8 Å². The van der Waals surface area contributed by atoms with Crippen LogP contribution in [0.1, 0.15) is 13.3 Å². The summed E-state index contributed by atoms with van der Waals surface area (Å²) in [7, 11) is 0. The van der Waals surface area contributed by atoms with Gasteiger partial charge in [-0.1, -0.05) is 18.2 Å². The van der Waals surface area contributed by atoms with Crippen LogP contribution in [0.25, 0.3) is 0 Å². The molecular weight excluding hydrogens is 274 g/mol. The van der Waals surface area contributed by atoms with Crippen LogP contribution in [-0.2, 0) is 4.79 Å². The maximum absolute atomic E-state index is 12.4. The molecule has 1 N–H and O–H groups in total. The Hall–Kier alpha value is -1.10. The summed E-state index contributed by atoms with van der Waals surface area (Å²) in [5.74, 6) is 0.190. The SMILES string of the molecule is CCN(C(=O)CN1CCCNCC1)c1ccccc1.Cl. The van der Waals surface area contributed by atoms with Gasteiger partial charge in [0.1, 0.15) is 0 Å². The van der Waals surface area contributed by atoms with Gasteiger partial charge in [0, 0.05) is 25.3 Å². The van der Waals surface area contributed by atoms with Gasteiger partial charge in [0.2, 0.25) is 5.91 Å². The molecule has 2 rings (SSSR count). The van der Waals surface area contributed by atoms with Gasteiger partial charge in [-0.15, -0.1) is 12.4 Å². The van der Waals surface area contributed by atoms with Crippen LogP contribution in [0.2, 0.25) is 0 Å². The molecule has 1 fully saturated rings. The molecule has 0 spiro atoms. The number of amides is 1. The van der Waals surface area contributed by atoms with E-state index in [4.69, 9.17) is 0 Å². The maximum Gasteiger partial charge on any atom is 0.241 e. The van der Waals surface area contributed by atoms with Gasteiger partial charge >= 0.3 is 0 Å². The standard InChI is InChI=1S/C15H23N3O.ClH/c1-2-18(14-7-4-3-5-8-14)15(19)13-17-11-6-9-16-10-12-17;/h3-5,7-8,16H,2,6,9-13H2,1H3;1H. The van der Waals surface area contributed by atoms with Crippen LogP contribution in [0.15, 0.2) is 30.3 Å². The predicted molar refractivity (Wildman–Crippen MR) is 85.6 cm³/mol. The van der Waals surface area contributed by atoms with Crippen LogP contribution < -0.4 is 10.2 Å². The van der Waals surface area contributed by atoms with Crippen LogP contribution in [-0.4, -0.2) is 50.1 Å². The lowest BCUT2D eigenvalue weighted by atomic mass is 10.2. The number of carbonyl (C=O) groups excluding carboxylic acids is 1. The van der Waals surface area contributed by atoms with Gasteiger partial charge in [-0.05, 0) is 38.6 Å². The maximum atomic E-state index is 12.4. The third-order valence-electron chi connectivity index (χ3n) is 3.48. The number of hydrogen-bond donors (Lipinski definition) is 1. The number of halogens is 1. The average molecular weight is 298 g/mol. The van der Waals surface area contributed by atoms with Gasteiger partial charge in [0.15, 0.2) is 0 Å². The molecule has 0 unspecified atom stereocenters. The van der Waals surface area contributed by atoms with Crippen LogP contribution in [0.4, 0.5) is 5.69 Å². The second-order valence-electron chi connectivity index (χ2n) is 4.85. The molecular formula is C15H24ClN3O. The van der Waals surface area contributed by atoms with E-state index in [2.05, 4.69) is 10.2 Å². The number of hydrogen-bond acceptors (Lipinski definition) is 3. The molecule has 1 aliphatic heterocycles. The molecule has 5 heteroatoms. The molecule has 112 valence electrons. The summed E-state index contributed by atoms with van der Waals surface area (Å²) in [5.41, 5.74) is 0.989. The lowest BCUT2D eigenvalue weighted by Gasteiger charge is -2.25. The molecule has 1 aromatic rings. The molecule has 0 aliphatic carbocycles. The van der Waals surface area contributed by atoms with E-state index in [0.29, 0.717) is 6.54 Å². The Labute approximate surface area is 127 Å². The Morgan fingerprint density at radius 1 is 1.25 bits per heavy atom. The molecule has 0 bridgehead atoms. The first-order valence-electron chi connectivity index (χ1n) is 7.09.